The normalized spacial score (nSPS) is 15.0. The average Bonchev–Trinajstić information content (AvgIpc) is 3.31. The van der Waals surface area contributed by atoms with Gasteiger partial charge in [-0.2, -0.15) is 0 Å². The molecular formula is C27H24N2O5S2. The number of carbonyl (C=O) groups is 1. The summed E-state index contributed by atoms with van der Waals surface area (Å²) in [5.41, 5.74) is 2.46. The van der Waals surface area contributed by atoms with E-state index in [1.165, 1.54) is 23.4 Å². The fourth-order valence-corrected chi connectivity index (χ4v) is 6.61. The average molecular weight is 521 g/mol. The number of hydrogen-bond donors (Lipinski definition) is 1. The van der Waals surface area contributed by atoms with E-state index >= 15 is 0 Å². The second-order valence-corrected chi connectivity index (χ2v) is 11.4. The van der Waals surface area contributed by atoms with Gasteiger partial charge < -0.3 is 4.74 Å². The monoisotopic (exact) mass is 520 g/mol. The van der Waals surface area contributed by atoms with Gasteiger partial charge in [-0.3, -0.25) is 14.1 Å². The molecule has 0 radical (unpaired) electrons. The fourth-order valence-electron chi connectivity index (χ4n) is 4.69. The topological polar surface area (TPSA) is 94.5 Å². The molecule has 0 saturated carbocycles. The second-order valence-electron chi connectivity index (χ2n) is 8.61. The number of pyridine rings is 1. The van der Waals surface area contributed by atoms with Crippen molar-refractivity contribution in [1.82, 2.24) is 4.57 Å². The maximum Gasteiger partial charge on any atom is 0.329 e. The van der Waals surface area contributed by atoms with Crippen LogP contribution in [0.4, 0.5) is 5.69 Å². The number of thioether (sulfide) groups is 1. The number of benzene rings is 3. The van der Waals surface area contributed by atoms with E-state index in [2.05, 4.69) is 4.72 Å². The minimum absolute atomic E-state index is 0.0514. The molecule has 0 aliphatic carbocycles. The predicted molar refractivity (Wildman–Crippen MR) is 143 cm³/mol. The van der Waals surface area contributed by atoms with Crippen LogP contribution >= 0.6 is 11.8 Å². The third-order valence-electron chi connectivity index (χ3n) is 6.23. The molecule has 0 saturated heterocycles. The van der Waals surface area contributed by atoms with E-state index in [0.29, 0.717) is 22.8 Å². The molecule has 7 nitrogen and oxygen atoms in total. The molecule has 9 heteroatoms. The van der Waals surface area contributed by atoms with Gasteiger partial charge in [-0.05, 0) is 27.5 Å². The van der Waals surface area contributed by atoms with Gasteiger partial charge >= 0.3 is 5.97 Å². The molecule has 1 aliphatic rings. The minimum Gasteiger partial charge on any atom is -0.467 e. The molecule has 0 fully saturated rings. The smallest absolute Gasteiger partial charge is 0.329 e. The van der Waals surface area contributed by atoms with E-state index < -0.39 is 27.6 Å². The van der Waals surface area contributed by atoms with Gasteiger partial charge in [0.15, 0.2) is 0 Å². The second kappa shape index (κ2) is 9.48. The first-order chi connectivity index (χ1) is 17.3. The Hall–Kier alpha value is -3.56. The third kappa shape index (κ3) is 4.40. The number of fused-ring (bicyclic) bond motifs is 2. The largest absolute Gasteiger partial charge is 0.467 e. The van der Waals surface area contributed by atoms with Crippen molar-refractivity contribution in [3.63, 3.8) is 0 Å². The van der Waals surface area contributed by atoms with Crippen molar-refractivity contribution >= 4 is 44.2 Å². The number of aromatic nitrogens is 1. The Kier molecular flexibility index (Phi) is 6.36. The Morgan fingerprint density at radius 2 is 1.75 bits per heavy atom. The number of methoxy groups -OCH3 is 1. The Morgan fingerprint density at radius 3 is 2.47 bits per heavy atom. The van der Waals surface area contributed by atoms with Gasteiger partial charge in [0.2, 0.25) is 10.0 Å². The fraction of sp³-hybridized carbons (Fsp3) is 0.185. The highest BCUT2D eigenvalue weighted by molar-refractivity contribution is 7.99. The molecule has 4 aromatic rings. The van der Waals surface area contributed by atoms with E-state index in [4.69, 9.17) is 4.74 Å². The van der Waals surface area contributed by atoms with Crippen molar-refractivity contribution in [2.45, 2.75) is 17.5 Å². The number of esters is 1. The summed E-state index contributed by atoms with van der Waals surface area (Å²) in [6, 6.07) is 22.5. The highest BCUT2D eigenvalue weighted by Crippen LogP contribution is 2.44. The van der Waals surface area contributed by atoms with Gasteiger partial charge in [0.25, 0.3) is 5.56 Å². The van der Waals surface area contributed by atoms with Crippen molar-refractivity contribution in [1.29, 1.82) is 0 Å². The lowest BCUT2D eigenvalue weighted by molar-refractivity contribution is -0.143. The standard InChI is InChI=1S/C27H24N2O5S2/c1-34-27(31)22-16-35-26-23(18-10-4-3-5-11-18)21(24(25(30)29(22)26)28-36(2,32)33)15-19-13-8-12-17-9-6-7-14-20(17)19/h3-14,22,28H,15-16H2,1-2H3/t22-/m0/s1. The third-order valence-corrected chi connectivity index (χ3v) is 7.96. The summed E-state index contributed by atoms with van der Waals surface area (Å²) < 4.78 is 33.7. The molecule has 5 rings (SSSR count). The summed E-state index contributed by atoms with van der Waals surface area (Å²) in [4.78, 5) is 26.4. The van der Waals surface area contributed by atoms with Crippen LogP contribution in [0.1, 0.15) is 17.2 Å². The highest BCUT2D eigenvalue weighted by Gasteiger charge is 2.36. The highest BCUT2D eigenvalue weighted by atomic mass is 32.2. The maximum atomic E-state index is 13.8. The molecule has 0 amide bonds. The summed E-state index contributed by atoms with van der Waals surface area (Å²) in [5.74, 6) is -0.230. The molecule has 1 N–H and O–H groups in total. The maximum absolute atomic E-state index is 13.8. The van der Waals surface area contributed by atoms with Crippen molar-refractivity contribution < 1.29 is 17.9 Å². The zero-order chi connectivity index (χ0) is 25.4. The molecule has 0 bridgehead atoms. The summed E-state index contributed by atoms with van der Waals surface area (Å²) in [7, 11) is -2.53. The Balaban J connectivity index is 1.85. The number of hydrogen-bond acceptors (Lipinski definition) is 6. The first kappa shape index (κ1) is 24.1. The number of nitrogens with one attached hydrogen (secondary N) is 1. The Morgan fingerprint density at radius 1 is 1.06 bits per heavy atom. The van der Waals surface area contributed by atoms with Crippen LogP contribution in [0.2, 0.25) is 0 Å². The van der Waals surface area contributed by atoms with Crippen LogP contribution in [0, 0.1) is 0 Å². The van der Waals surface area contributed by atoms with Crippen LogP contribution in [0.3, 0.4) is 0 Å². The van der Waals surface area contributed by atoms with Crippen LogP contribution in [-0.2, 0) is 26.0 Å². The predicted octanol–water partition coefficient (Wildman–Crippen LogP) is 4.45. The van der Waals surface area contributed by atoms with Crippen molar-refractivity contribution in [2.24, 2.45) is 0 Å². The molecule has 0 spiro atoms. The van der Waals surface area contributed by atoms with Gasteiger partial charge in [-0.25, -0.2) is 13.2 Å². The number of ether oxygens (including phenoxy) is 1. The number of carbonyl (C=O) groups excluding carboxylic acids is 1. The molecule has 0 unspecified atom stereocenters. The summed E-state index contributed by atoms with van der Waals surface area (Å²) >= 11 is 1.40. The molecule has 3 aromatic carbocycles. The molecular weight excluding hydrogens is 496 g/mol. The summed E-state index contributed by atoms with van der Waals surface area (Å²) in [6.45, 7) is 0. The number of nitrogens with zero attached hydrogens (tertiary/aromatic N) is 1. The first-order valence-corrected chi connectivity index (χ1v) is 14.2. The lowest BCUT2D eigenvalue weighted by Gasteiger charge is -2.22. The molecule has 1 aromatic heterocycles. The SMILES string of the molecule is COC(=O)[C@@H]1CSc2c(-c3ccccc3)c(Cc3cccc4ccccc34)c(NS(C)(=O)=O)c(=O)n21. The Labute approximate surface area is 213 Å². The summed E-state index contributed by atoms with van der Waals surface area (Å²) in [6.07, 6.45) is 1.33. The van der Waals surface area contributed by atoms with Crippen LogP contribution in [0.25, 0.3) is 21.9 Å². The summed E-state index contributed by atoms with van der Waals surface area (Å²) in [5, 5.41) is 2.69. The van der Waals surface area contributed by atoms with Gasteiger partial charge in [0.05, 0.1) is 18.4 Å². The minimum atomic E-state index is -3.80. The van der Waals surface area contributed by atoms with E-state index in [1.54, 1.807) is 0 Å². The number of sulfonamides is 1. The van der Waals surface area contributed by atoms with E-state index in [1.807, 2.05) is 72.8 Å². The quantitative estimate of drug-likeness (QED) is 0.378. The van der Waals surface area contributed by atoms with Crippen LogP contribution in [0.5, 0.6) is 0 Å². The van der Waals surface area contributed by atoms with E-state index in [0.717, 1.165) is 33.7 Å². The van der Waals surface area contributed by atoms with Crippen molar-refractivity contribution in [3.05, 3.63) is 94.3 Å². The first-order valence-electron chi connectivity index (χ1n) is 11.3. The zero-order valence-corrected chi connectivity index (χ0v) is 21.4. The molecule has 36 heavy (non-hydrogen) atoms. The Bertz CT molecular complexity index is 1640. The molecule has 184 valence electrons. The zero-order valence-electron chi connectivity index (χ0n) is 19.7. The van der Waals surface area contributed by atoms with Crippen molar-refractivity contribution in [2.75, 3.05) is 23.8 Å². The van der Waals surface area contributed by atoms with Gasteiger partial charge in [-0.15, -0.1) is 11.8 Å². The van der Waals surface area contributed by atoms with Crippen LogP contribution in [-0.4, -0.2) is 38.1 Å². The van der Waals surface area contributed by atoms with Gasteiger partial charge in [-0.1, -0.05) is 72.8 Å². The van der Waals surface area contributed by atoms with E-state index in [-0.39, 0.29) is 5.69 Å². The molecule has 1 atom stereocenters. The van der Waals surface area contributed by atoms with Crippen LogP contribution in [0.15, 0.2) is 82.6 Å². The lowest BCUT2D eigenvalue weighted by Crippen LogP contribution is -2.33. The van der Waals surface area contributed by atoms with E-state index in [9.17, 15) is 18.0 Å². The van der Waals surface area contributed by atoms with Crippen molar-refractivity contribution in [3.8, 4) is 11.1 Å². The number of anilines is 1. The van der Waals surface area contributed by atoms with Gasteiger partial charge in [0.1, 0.15) is 11.7 Å². The lowest BCUT2D eigenvalue weighted by atomic mass is 9.92. The number of rotatable bonds is 6. The molecule has 1 aliphatic heterocycles. The van der Waals surface area contributed by atoms with Gasteiger partial charge in [0, 0.05) is 17.7 Å². The van der Waals surface area contributed by atoms with Crippen LogP contribution < -0.4 is 10.3 Å². The molecule has 2 heterocycles.